The highest BCUT2D eigenvalue weighted by molar-refractivity contribution is 5.92. The SMILES string of the molecule is Cc1nccn1CCNC(=O)c1cc2n(n1)C[C@@H](Oc1ccncc1)C2. The van der Waals surface area contributed by atoms with Crippen LogP contribution >= 0.6 is 0 Å². The summed E-state index contributed by atoms with van der Waals surface area (Å²) in [4.78, 5) is 20.4. The van der Waals surface area contributed by atoms with Crippen LogP contribution in [0.4, 0.5) is 0 Å². The first kappa shape index (κ1) is 16.3. The number of fused-ring (bicyclic) bond motifs is 1. The van der Waals surface area contributed by atoms with Crippen LogP contribution in [0.25, 0.3) is 0 Å². The van der Waals surface area contributed by atoms with Gasteiger partial charge in [0.15, 0.2) is 0 Å². The molecule has 1 N–H and O–H groups in total. The number of carbonyl (C=O) groups excluding carboxylic acids is 1. The molecule has 0 fully saturated rings. The van der Waals surface area contributed by atoms with E-state index >= 15 is 0 Å². The van der Waals surface area contributed by atoms with Gasteiger partial charge in [-0.1, -0.05) is 0 Å². The third-order valence-electron chi connectivity index (χ3n) is 4.42. The first-order valence-electron chi connectivity index (χ1n) is 8.58. The Labute approximate surface area is 150 Å². The number of nitrogens with one attached hydrogen (secondary N) is 1. The van der Waals surface area contributed by atoms with E-state index in [1.54, 1.807) is 18.6 Å². The molecule has 1 amide bonds. The molecule has 1 atom stereocenters. The number of aromatic nitrogens is 5. The van der Waals surface area contributed by atoms with E-state index in [1.807, 2.05) is 40.6 Å². The Kier molecular flexibility index (Phi) is 4.39. The van der Waals surface area contributed by atoms with Gasteiger partial charge in [-0.05, 0) is 25.1 Å². The highest BCUT2D eigenvalue weighted by Crippen LogP contribution is 2.21. The summed E-state index contributed by atoms with van der Waals surface area (Å²) >= 11 is 0. The fourth-order valence-corrected chi connectivity index (χ4v) is 3.09. The molecule has 26 heavy (non-hydrogen) atoms. The second-order valence-corrected chi connectivity index (χ2v) is 6.25. The Hall–Kier alpha value is -3.16. The van der Waals surface area contributed by atoms with E-state index in [4.69, 9.17) is 4.74 Å². The minimum Gasteiger partial charge on any atom is -0.488 e. The molecule has 0 bridgehead atoms. The van der Waals surface area contributed by atoms with Gasteiger partial charge in [-0.15, -0.1) is 0 Å². The van der Waals surface area contributed by atoms with Crippen molar-refractivity contribution in [2.24, 2.45) is 0 Å². The third kappa shape index (κ3) is 3.44. The zero-order valence-electron chi connectivity index (χ0n) is 14.5. The van der Waals surface area contributed by atoms with Crippen molar-refractivity contribution in [2.45, 2.75) is 32.5 Å². The van der Waals surface area contributed by atoms with Gasteiger partial charge in [0.1, 0.15) is 23.4 Å². The lowest BCUT2D eigenvalue weighted by Gasteiger charge is -2.12. The number of imidazole rings is 1. The zero-order valence-corrected chi connectivity index (χ0v) is 14.5. The Morgan fingerprint density at radius 2 is 2.19 bits per heavy atom. The summed E-state index contributed by atoms with van der Waals surface area (Å²) in [6.07, 6.45) is 7.82. The zero-order chi connectivity index (χ0) is 17.9. The van der Waals surface area contributed by atoms with Gasteiger partial charge in [0.25, 0.3) is 5.91 Å². The molecule has 1 aliphatic heterocycles. The number of pyridine rings is 1. The van der Waals surface area contributed by atoms with Gasteiger partial charge >= 0.3 is 0 Å². The highest BCUT2D eigenvalue weighted by atomic mass is 16.5. The Bertz CT molecular complexity index is 878. The lowest BCUT2D eigenvalue weighted by molar-refractivity contribution is 0.0945. The third-order valence-corrected chi connectivity index (χ3v) is 4.42. The van der Waals surface area contributed by atoms with E-state index < -0.39 is 0 Å². The van der Waals surface area contributed by atoms with E-state index in [2.05, 4.69) is 20.4 Å². The lowest BCUT2D eigenvalue weighted by atomic mass is 10.2. The summed E-state index contributed by atoms with van der Waals surface area (Å²) < 4.78 is 9.77. The predicted molar refractivity (Wildman–Crippen MR) is 93.9 cm³/mol. The number of aryl methyl sites for hydroxylation is 1. The monoisotopic (exact) mass is 352 g/mol. The van der Waals surface area contributed by atoms with Crippen molar-refractivity contribution in [3.8, 4) is 5.75 Å². The van der Waals surface area contributed by atoms with Gasteiger partial charge < -0.3 is 14.6 Å². The topological polar surface area (TPSA) is 86.9 Å². The van der Waals surface area contributed by atoms with E-state index in [-0.39, 0.29) is 12.0 Å². The normalized spacial score (nSPS) is 15.7. The van der Waals surface area contributed by atoms with Crippen molar-refractivity contribution >= 4 is 5.91 Å². The first-order valence-corrected chi connectivity index (χ1v) is 8.58. The molecular formula is C18H20N6O2. The van der Waals surface area contributed by atoms with Crippen molar-refractivity contribution in [1.29, 1.82) is 0 Å². The molecule has 0 radical (unpaired) electrons. The molecule has 1 aliphatic rings. The van der Waals surface area contributed by atoms with Crippen LogP contribution in [-0.2, 0) is 19.5 Å². The molecule has 134 valence electrons. The molecule has 0 saturated heterocycles. The van der Waals surface area contributed by atoms with Crippen LogP contribution in [0.5, 0.6) is 5.75 Å². The number of hydrogen-bond donors (Lipinski definition) is 1. The minimum atomic E-state index is -0.156. The average molecular weight is 352 g/mol. The standard InChI is InChI=1S/C18H20N6O2/c1-13-20-6-8-23(13)9-7-21-18(25)17-11-14-10-16(12-24(14)22-17)26-15-2-4-19-5-3-15/h2-6,8,11,16H,7,9-10,12H2,1H3,(H,21,25)/t16-/m0/s1. The minimum absolute atomic E-state index is 0.0289. The van der Waals surface area contributed by atoms with Crippen LogP contribution in [-0.4, -0.2) is 42.9 Å². The van der Waals surface area contributed by atoms with E-state index in [9.17, 15) is 4.79 Å². The van der Waals surface area contributed by atoms with Crippen LogP contribution in [0.15, 0.2) is 43.0 Å². The van der Waals surface area contributed by atoms with Crippen molar-refractivity contribution in [2.75, 3.05) is 6.54 Å². The van der Waals surface area contributed by atoms with Gasteiger partial charge in [-0.2, -0.15) is 5.10 Å². The van der Waals surface area contributed by atoms with Crippen LogP contribution in [0.1, 0.15) is 22.0 Å². The van der Waals surface area contributed by atoms with Crippen LogP contribution in [0, 0.1) is 6.92 Å². The van der Waals surface area contributed by atoms with Crippen molar-refractivity contribution < 1.29 is 9.53 Å². The number of carbonyl (C=O) groups is 1. The predicted octanol–water partition coefficient (Wildman–Crippen LogP) is 1.22. The number of rotatable bonds is 6. The van der Waals surface area contributed by atoms with E-state index in [0.717, 1.165) is 23.7 Å². The summed E-state index contributed by atoms with van der Waals surface area (Å²) in [7, 11) is 0. The smallest absolute Gasteiger partial charge is 0.271 e. The molecule has 0 saturated carbocycles. The molecular weight excluding hydrogens is 332 g/mol. The van der Waals surface area contributed by atoms with Gasteiger partial charge in [0.05, 0.1) is 6.54 Å². The van der Waals surface area contributed by atoms with Crippen LogP contribution < -0.4 is 10.1 Å². The maximum atomic E-state index is 12.3. The fraction of sp³-hybridized carbons (Fsp3) is 0.333. The number of hydrogen-bond acceptors (Lipinski definition) is 5. The molecule has 3 aromatic rings. The molecule has 3 aromatic heterocycles. The second kappa shape index (κ2) is 6.99. The fourth-order valence-electron chi connectivity index (χ4n) is 3.09. The van der Waals surface area contributed by atoms with Crippen LogP contribution in [0.2, 0.25) is 0 Å². The molecule has 8 nitrogen and oxygen atoms in total. The Morgan fingerprint density at radius 1 is 1.35 bits per heavy atom. The summed E-state index contributed by atoms with van der Waals surface area (Å²) in [6, 6.07) is 5.51. The van der Waals surface area contributed by atoms with Gasteiger partial charge in [0.2, 0.25) is 0 Å². The lowest BCUT2D eigenvalue weighted by Crippen LogP contribution is -2.28. The van der Waals surface area contributed by atoms with E-state index in [0.29, 0.717) is 25.3 Å². The van der Waals surface area contributed by atoms with Crippen molar-refractivity contribution in [1.82, 2.24) is 29.6 Å². The molecule has 0 aromatic carbocycles. The molecule has 4 heterocycles. The van der Waals surface area contributed by atoms with Crippen LogP contribution in [0.3, 0.4) is 0 Å². The maximum absolute atomic E-state index is 12.3. The number of amides is 1. The Morgan fingerprint density at radius 3 is 2.92 bits per heavy atom. The summed E-state index contributed by atoms with van der Waals surface area (Å²) in [5, 5.41) is 7.31. The molecule has 4 rings (SSSR count). The summed E-state index contributed by atoms with van der Waals surface area (Å²) in [5.41, 5.74) is 1.46. The first-order chi connectivity index (χ1) is 12.7. The Balaban J connectivity index is 1.30. The van der Waals surface area contributed by atoms with Gasteiger partial charge in [0, 0.05) is 50.0 Å². The molecule has 0 aliphatic carbocycles. The largest absolute Gasteiger partial charge is 0.488 e. The summed E-state index contributed by atoms with van der Waals surface area (Å²) in [5.74, 6) is 1.57. The van der Waals surface area contributed by atoms with Gasteiger partial charge in [-0.3, -0.25) is 14.5 Å². The maximum Gasteiger partial charge on any atom is 0.271 e. The quantitative estimate of drug-likeness (QED) is 0.721. The number of ether oxygens (including phenoxy) is 1. The van der Waals surface area contributed by atoms with Crippen molar-refractivity contribution in [3.63, 3.8) is 0 Å². The van der Waals surface area contributed by atoms with Crippen molar-refractivity contribution in [3.05, 3.63) is 60.2 Å². The van der Waals surface area contributed by atoms with E-state index in [1.165, 1.54) is 0 Å². The molecule has 0 unspecified atom stereocenters. The second-order valence-electron chi connectivity index (χ2n) is 6.25. The molecule has 0 spiro atoms. The molecule has 8 heteroatoms. The average Bonchev–Trinajstić information content (AvgIpc) is 3.31. The highest BCUT2D eigenvalue weighted by Gasteiger charge is 2.26. The van der Waals surface area contributed by atoms with Gasteiger partial charge in [-0.25, -0.2) is 4.98 Å². The number of nitrogens with zero attached hydrogens (tertiary/aromatic N) is 5. The summed E-state index contributed by atoms with van der Waals surface area (Å²) in [6.45, 7) is 3.80.